The quantitative estimate of drug-likeness (QED) is 0.194. The molecule has 0 aromatic heterocycles. The highest BCUT2D eigenvalue weighted by molar-refractivity contribution is 5.83. The zero-order chi connectivity index (χ0) is 28.6. The van der Waals surface area contributed by atoms with Crippen LogP contribution in [0.1, 0.15) is 67.6 Å². The number of aromatic hydroxyl groups is 1. The Kier molecular flexibility index (Phi) is 6.09. The SMILES string of the molecule is C[C@]12CC[C@@H]3c4ccc(O)cc4[C@@H](c4c(F)c(F)c(Oc5ccc6ccccc6c5)c(F)c4F)C[C@H]3[C@@H]1CC[C@@H]2O. The molecule has 2 fully saturated rings. The van der Waals surface area contributed by atoms with E-state index in [1.165, 1.54) is 12.1 Å². The minimum absolute atomic E-state index is 0.0357. The maximum Gasteiger partial charge on any atom is 0.204 e. The molecule has 0 radical (unpaired) electrons. The lowest BCUT2D eigenvalue weighted by molar-refractivity contribution is -0.0241. The summed E-state index contributed by atoms with van der Waals surface area (Å²) in [6.45, 7) is 2.08. The summed E-state index contributed by atoms with van der Waals surface area (Å²) in [5, 5.41) is 22.7. The van der Waals surface area contributed by atoms with E-state index in [1.807, 2.05) is 12.1 Å². The van der Waals surface area contributed by atoms with Gasteiger partial charge in [-0.2, -0.15) is 8.78 Å². The van der Waals surface area contributed by atoms with Crippen molar-refractivity contribution < 1.29 is 32.5 Å². The van der Waals surface area contributed by atoms with Crippen LogP contribution in [0.5, 0.6) is 17.2 Å². The van der Waals surface area contributed by atoms with E-state index in [1.54, 1.807) is 36.4 Å². The third-order valence-corrected chi connectivity index (χ3v) is 10.3. The van der Waals surface area contributed by atoms with Crippen LogP contribution in [-0.4, -0.2) is 16.3 Å². The number of fused-ring (bicyclic) bond motifs is 6. The molecular weight excluding hydrogens is 532 g/mol. The third kappa shape index (κ3) is 3.96. The summed E-state index contributed by atoms with van der Waals surface area (Å²) in [5.41, 5.74) is 0.310. The number of rotatable bonds is 3. The predicted molar refractivity (Wildman–Crippen MR) is 147 cm³/mol. The number of hydrogen-bond donors (Lipinski definition) is 2. The monoisotopic (exact) mass is 562 g/mol. The summed E-state index contributed by atoms with van der Waals surface area (Å²) in [4.78, 5) is 0. The Balaban J connectivity index is 1.33. The summed E-state index contributed by atoms with van der Waals surface area (Å²) >= 11 is 0. The first kappa shape index (κ1) is 26.3. The summed E-state index contributed by atoms with van der Waals surface area (Å²) < 4.78 is 68.4. The van der Waals surface area contributed by atoms with Gasteiger partial charge in [-0.1, -0.05) is 43.3 Å². The fourth-order valence-electron chi connectivity index (χ4n) is 8.22. The molecule has 2 saturated carbocycles. The van der Waals surface area contributed by atoms with Gasteiger partial charge in [-0.3, -0.25) is 0 Å². The van der Waals surface area contributed by atoms with E-state index >= 15 is 17.6 Å². The number of benzene rings is 4. The largest absolute Gasteiger partial charge is 0.508 e. The molecule has 6 atom stereocenters. The van der Waals surface area contributed by atoms with Crippen molar-refractivity contribution in [2.24, 2.45) is 17.3 Å². The van der Waals surface area contributed by atoms with Crippen molar-refractivity contribution in [3.63, 3.8) is 0 Å². The number of aliphatic hydroxyl groups is 1. The molecule has 41 heavy (non-hydrogen) atoms. The molecule has 3 nitrogen and oxygen atoms in total. The molecule has 7 heteroatoms. The van der Waals surface area contributed by atoms with Crippen LogP contribution in [-0.2, 0) is 0 Å². The van der Waals surface area contributed by atoms with Crippen LogP contribution in [0.25, 0.3) is 10.8 Å². The predicted octanol–water partition coefficient (Wildman–Crippen LogP) is 8.70. The lowest BCUT2D eigenvalue weighted by Gasteiger charge is -2.51. The Labute approximate surface area is 235 Å². The highest BCUT2D eigenvalue weighted by atomic mass is 19.2. The maximum atomic E-state index is 15.9. The van der Waals surface area contributed by atoms with Crippen LogP contribution >= 0.6 is 0 Å². The molecule has 212 valence electrons. The molecule has 4 aromatic rings. The number of phenolic OH excluding ortho intramolecular Hbond substituents is 1. The van der Waals surface area contributed by atoms with Gasteiger partial charge in [0, 0.05) is 11.5 Å². The van der Waals surface area contributed by atoms with E-state index in [4.69, 9.17) is 4.74 Å². The molecule has 3 aliphatic carbocycles. The standard InChI is InChI=1S/C34H30F4O3/c1-34-13-12-22-21-9-7-19(39)15-23(21)25(16-24(22)26(34)10-11-27(34)40)28-29(35)31(37)33(32(38)30(28)36)41-20-8-6-17-4-2-3-5-18(17)14-20/h2-9,14-15,22,24-27,39-40H,10-13,16H2,1H3/t22-,24-,25+,26+,27+,34+/m1/s1. The highest BCUT2D eigenvalue weighted by Crippen LogP contribution is 2.63. The highest BCUT2D eigenvalue weighted by Gasteiger charge is 2.56. The Morgan fingerprint density at radius 1 is 0.805 bits per heavy atom. The summed E-state index contributed by atoms with van der Waals surface area (Å²) in [6.07, 6.45) is 2.84. The van der Waals surface area contributed by atoms with Gasteiger partial charge in [0.25, 0.3) is 0 Å². The minimum atomic E-state index is -1.60. The van der Waals surface area contributed by atoms with Gasteiger partial charge >= 0.3 is 0 Å². The van der Waals surface area contributed by atoms with Crippen LogP contribution in [0.15, 0.2) is 60.7 Å². The number of hydrogen-bond acceptors (Lipinski definition) is 3. The first-order valence-corrected chi connectivity index (χ1v) is 14.2. The van der Waals surface area contributed by atoms with E-state index in [9.17, 15) is 10.2 Å². The zero-order valence-corrected chi connectivity index (χ0v) is 22.5. The van der Waals surface area contributed by atoms with E-state index in [0.29, 0.717) is 12.0 Å². The van der Waals surface area contributed by atoms with Crippen LogP contribution in [0.2, 0.25) is 0 Å². The second-order valence-corrected chi connectivity index (χ2v) is 12.2. The van der Waals surface area contributed by atoms with Gasteiger partial charge in [-0.25, -0.2) is 8.78 Å². The third-order valence-electron chi connectivity index (χ3n) is 10.3. The number of halogens is 4. The molecule has 0 unspecified atom stereocenters. The second kappa shape index (κ2) is 9.48. The van der Waals surface area contributed by atoms with E-state index in [0.717, 1.165) is 35.6 Å². The normalized spacial score (nSPS) is 28.7. The molecule has 3 aliphatic rings. The molecule has 0 bridgehead atoms. The molecule has 0 spiro atoms. The smallest absolute Gasteiger partial charge is 0.204 e. The number of phenols is 1. The average molecular weight is 563 g/mol. The molecular formula is C34H30F4O3. The van der Waals surface area contributed by atoms with Gasteiger partial charge < -0.3 is 14.9 Å². The van der Waals surface area contributed by atoms with Gasteiger partial charge in [-0.05, 0) is 101 Å². The average Bonchev–Trinajstić information content (AvgIpc) is 3.28. The molecule has 2 N–H and O–H groups in total. The summed E-state index contributed by atoms with van der Waals surface area (Å²) in [6, 6.07) is 16.8. The number of aliphatic hydroxyl groups excluding tert-OH is 1. The lowest BCUT2D eigenvalue weighted by Crippen LogP contribution is -2.44. The molecule has 4 aromatic carbocycles. The van der Waals surface area contributed by atoms with Gasteiger partial charge in [0.2, 0.25) is 17.4 Å². The zero-order valence-electron chi connectivity index (χ0n) is 22.5. The Morgan fingerprint density at radius 3 is 2.29 bits per heavy atom. The van der Waals surface area contributed by atoms with Crippen molar-refractivity contribution in [2.45, 2.75) is 57.0 Å². The van der Waals surface area contributed by atoms with Gasteiger partial charge in [0.1, 0.15) is 11.5 Å². The summed E-state index contributed by atoms with van der Waals surface area (Å²) in [7, 11) is 0. The van der Waals surface area contributed by atoms with Crippen molar-refractivity contribution in [1.29, 1.82) is 0 Å². The Bertz CT molecular complexity index is 1660. The van der Waals surface area contributed by atoms with Crippen molar-refractivity contribution >= 4 is 10.8 Å². The molecule has 0 amide bonds. The van der Waals surface area contributed by atoms with Crippen LogP contribution < -0.4 is 4.74 Å². The molecule has 0 aliphatic heterocycles. The number of ether oxygens (including phenoxy) is 1. The van der Waals surface area contributed by atoms with Crippen molar-refractivity contribution in [1.82, 2.24) is 0 Å². The van der Waals surface area contributed by atoms with Gasteiger partial charge in [0.05, 0.1) is 6.10 Å². The minimum Gasteiger partial charge on any atom is -0.508 e. The van der Waals surface area contributed by atoms with Crippen molar-refractivity contribution in [2.75, 3.05) is 0 Å². The second-order valence-electron chi connectivity index (χ2n) is 12.2. The van der Waals surface area contributed by atoms with Crippen molar-refractivity contribution in [3.05, 3.63) is 101 Å². The van der Waals surface area contributed by atoms with E-state index < -0.39 is 46.6 Å². The Hall–Kier alpha value is -3.58. The van der Waals surface area contributed by atoms with Crippen molar-refractivity contribution in [3.8, 4) is 17.2 Å². The fraction of sp³-hybridized carbons (Fsp3) is 0.353. The van der Waals surface area contributed by atoms with Crippen LogP contribution in [0.3, 0.4) is 0 Å². The lowest BCUT2D eigenvalue weighted by atomic mass is 9.53. The van der Waals surface area contributed by atoms with Gasteiger partial charge in [0.15, 0.2) is 11.6 Å². The molecule has 0 saturated heterocycles. The molecule has 7 rings (SSSR count). The first-order valence-electron chi connectivity index (χ1n) is 14.2. The molecule has 0 heterocycles. The fourth-order valence-corrected chi connectivity index (χ4v) is 8.22. The van der Waals surface area contributed by atoms with E-state index in [-0.39, 0.29) is 41.1 Å². The van der Waals surface area contributed by atoms with Gasteiger partial charge in [-0.15, -0.1) is 0 Å². The maximum absolute atomic E-state index is 15.9. The van der Waals surface area contributed by atoms with E-state index in [2.05, 4.69) is 6.92 Å². The van der Waals surface area contributed by atoms with Crippen LogP contribution in [0.4, 0.5) is 17.6 Å². The van der Waals surface area contributed by atoms with Crippen LogP contribution in [0, 0.1) is 40.5 Å². The first-order chi connectivity index (χ1) is 19.7. The Morgan fingerprint density at radius 2 is 1.54 bits per heavy atom. The summed E-state index contributed by atoms with van der Waals surface area (Å²) in [5.74, 6) is -8.23. The topological polar surface area (TPSA) is 49.7 Å².